The van der Waals surface area contributed by atoms with Gasteiger partial charge in [-0.15, -0.1) is 24.8 Å². The van der Waals surface area contributed by atoms with Gasteiger partial charge in [0.05, 0.1) is 0 Å². The van der Waals surface area contributed by atoms with Crippen molar-refractivity contribution in [1.29, 1.82) is 0 Å². The molecule has 0 unspecified atom stereocenters. The van der Waals surface area contributed by atoms with Crippen molar-refractivity contribution in [1.82, 2.24) is 4.98 Å². The molecule has 0 aliphatic heterocycles. The van der Waals surface area contributed by atoms with E-state index in [0.717, 1.165) is 0 Å². The predicted molar refractivity (Wildman–Crippen MR) is 41.6 cm³/mol. The van der Waals surface area contributed by atoms with Gasteiger partial charge in [0, 0.05) is 12.3 Å². The lowest BCUT2D eigenvalue weighted by atomic mass is 10.5. The number of rotatable bonds is 0. The van der Waals surface area contributed by atoms with Crippen LogP contribution in [0.4, 0.5) is 0 Å². The summed E-state index contributed by atoms with van der Waals surface area (Å²) in [7, 11) is 0. The fraction of sp³-hybridized carbons (Fsp3) is 0. The zero-order chi connectivity index (χ0) is 5.11. The minimum Gasteiger partial charge on any atom is -0.329 e. The van der Waals surface area contributed by atoms with Crippen LogP contribution < -0.4 is 5.56 Å². The summed E-state index contributed by atoms with van der Waals surface area (Å²) in [5.74, 6) is 0. The highest BCUT2D eigenvalue weighted by atomic mass is 35.5. The second-order valence-electron chi connectivity index (χ2n) is 1.23. The number of pyridine rings is 1. The molecular formula is C5H7Cl2NO. The van der Waals surface area contributed by atoms with Crippen molar-refractivity contribution in [2.24, 2.45) is 0 Å². The maximum Gasteiger partial charge on any atom is 0.247 e. The summed E-state index contributed by atoms with van der Waals surface area (Å²) in [5.41, 5.74) is -0.0532. The largest absolute Gasteiger partial charge is 0.329 e. The molecule has 9 heavy (non-hydrogen) atoms. The first-order valence-electron chi connectivity index (χ1n) is 2.03. The van der Waals surface area contributed by atoms with Crippen molar-refractivity contribution in [2.45, 2.75) is 0 Å². The Morgan fingerprint density at radius 2 is 1.89 bits per heavy atom. The fourth-order valence-corrected chi connectivity index (χ4v) is 0.377. The lowest BCUT2D eigenvalue weighted by molar-refractivity contribution is 1.24. The van der Waals surface area contributed by atoms with Gasteiger partial charge in [0.25, 0.3) is 0 Å². The topological polar surface area (TPSA) is 32.9 Å². The van der Waals surface area contributed by atoms with E-state index in [1.54, 1.807) is 18.3 Å². The molecule has 0 radical (unpaired) electrons. The van der Waals surface area contributed by atoms with Gasteiger partial charge in [0.15, 0.2) is 0 Å². The van der Waals surface area contributed by atoms with Crippen molar-refractivity contribution in [3.8, 4) is 0 Å². The first-order valence-corrected chi connectivity index (χ1v) is 2.03. The van der Waals surface area contributed by atoms with E-state index in [2.05, 4.69) is 4.98 Å². The van der Waals surface area contributed by atoms with Crippen molar-refractivity contribution >= 4 is 24.8 Å². The average molecular weight is 168 g/mol. The number of aromatic amines is 1. The van der Waals surface area contributed by atoms with Gasteiger partial charge in [0.1, 0.15) is 0 Å². The van der Waals surface area contributed by atoms with Crippen molar-refractivity contribution < 1.29 is 0 Å². The molecule has 0 bridgehead atoms. The quantitative estimate of drug-likeness (QED) is 0.620. The van der Waals surface area contributed by atoms with E-state index in [1.165, 1.54) is 6.07 Å². The standard InChI is InChI=1S/C5H5NO.2ClH/c7-5-3-1-2-4-6-5;;/h1-4H,(H,6,7);2*1H. The van der Waals surface area contributed by atoms with Crippen LogP contribution in [-0.4, -0.2) is 4.98 Å². The Morgan fingerprint density at radius 1 is 1.22 bits per heavy atom. The normalized spacial score (nSPS) is 6.67. The van der Waals surface area contributed by atoms with Crippen LogP contribution >= 0.6 is 24.8 Å². The van der Waals surface area contributed by atoms with Gasteiger partial charge in [-0.2, -0.15) is 0 Å². The van der Waals surface area contributed by atoms with Crippen LogP contribution in [0.25, 0.3) is 0 Å². The van der Waals surface area contributed by atoms with Gasteiger partial charge in [0.2, 0.25) is 5.56 Å². The Labute approximate surface area is 65.1 Å². The van der Waals surface area contributed by atoms with E-state index in [-0.39, 0.29) is 30.4 Å². The van der Waals surface area contributed by atoms with Crippen LogP contribution in [0.15, 0.2) is 29.2 Å². The van der Waals surface area contributed by atoms with E-state index in [0.29, 0.717) is 0 Å². The number of hydrogen-bond donors (Lipinski definition) is 1. The van der Waals surface area contributed by atoms with E-state index in [9.17, 15) is 4.79 Å². The summed E-state index contributed by atoms with van der Waals surface area (Å²) in [4.78, 5) is 12.7. The highest BCUT2D eigenvalue weighted by molar-refractivity contribution is 5.85. The summed E-state index contributed by atoms with van der Waals surface area (Å²) >= 11 is 0. The van der Waals surface area contributed by atoms with Gasteiger partial charge in [-0.1, -0.05) is 6.07 Å². The monoisotopic (exact) mass is 167 g/mol. The van der Waals surface area contributed by atoms with Gasteiger partial charge in [-0.3, -0.25) is 4.79 Å². The maximum absolute atomic E-state index is 10.2. The van der Waals surface area contributed by atoms with E-state index >= 15 is 0 Å². The van der Waals surface area contributed by atoms with E-state index < -0.39 is 0 Å². The molecule has 1 rings (SSSR count). The number of nitrogens with one attached hydrogen (secondary N) is 1. The first-order chi connectivity index (χ1) is 3.39. The molecule has 1 aromatic heterocycles. The van der Waals surface area contributed by atoms with Gasteiger partial charge >= 0.3 is 0 Å². The number of halogens is 2. The molecule has 0 fully saturated rings. The molecule has 0 saturated carbocycles. The van der Waals surface area contributed by atoms with Crippen LogP contribution in [0.1, 0.15) is 0 Å². The fourth-order valence-electron chi connectivity index (χ4n) is 0.377. The third kappa shape index (κ3) is 4.06. The van der Waals surface area contributed by atoms with E-state index in [1.807, 2.05) is 0 Å². The van der Waals surface area contributed by atoms with Gasteiger partial charge in [-0.25, -0.2) is 0 Å². The lowest BCUT2D eigenvalue weighted by Crippen LogP contribution is -1.98. The van der Waals surface area contributed by atoms with Crippen LogP contribution in [-0.2, 0) is 0 Å². The molecule has 0 saturated heterocycles. The Kier molecular flexibility index (Phi) is 7.14. The average Bonchev–Trinajstić information content (AvgIpc) is 1.69. The Bertz CT molecular complexity index is 181. The Hall–Kier alpha value is -0.470. The summed E-state index contributed by atoms with van der Waals surface area (Å²) in [5, 5.41) is 0. The number of aromatic nitrogens is 1. The van der Waals surface area contributed by atoms with Crippen LogP contribution in [0.5, 0.6) is 0 Å². The summed E-state index contributed by atoms with van der Waals surface area (Å²) in [6.45, 7) is 0. The van der Waals surface area contributed by atoms with Crippen LogP contribution in [0.3, 0.4) is 0 Å². The molecule has 0 aromatic carbocycles. The lowest BCUT2D eigenvalue weighted by Gasteiger charge is -1.73. The Morgan fingerprint density at radius 3 is 2.11 bits per heavy atom. The molecule has 0 amide bonds. The van der Waals surface area contributed by atoms with E-state index in [4.69, 9.17) is 0 Å². The summed E-state index contributed by atoms with van der Waals surface area (Å²) < 4.78 is 0. The molecule has 2 nitrogen and oxygen atoms in total. The maximum atomic E-state index is 10.2. The molecule has 4 heteroatoms. The van der Waals surface area contributed by atoms with Crippen molar-refractivity contribution in [2.75, 3.05) is 0 Å². The zero-order valence-electron chi connectivity index (χ0n) is 4.53. The van der Waals surface area contributed by atoms with Gasteiger partial charge < -0.3 is 4.98 Å². The smallest absolute Gasteiger partial charge is 0.247 e. The summed E-state index contributed by atoms with van der Waals surface area (Å²) in [6, 6.07) is 4.93. The molecule has 1 heterocycles. The van der Waals surface area contributed by atoms with Crippen molar-refractivity contribution in [3.63, 3.8) is 0 Å². The molecule has 1 aromatic rings. The Balaban J connectivity index is 0. The van der Waals surface area contributed by atoms with Crippen LogP contribution in [0.2, 0.25) is 0 Å². The third-order valence-corrected chi connectivity index (χ3v) is 0.681. The van der Waals surface area contributed by atoms with Crippen LogP contribution in [0, 0.1) is 0 Å². The highest BCUT2D eigenvalue weighted by Crippen LogP contribution is 1.67. The minimum atomic E-state index is -0.0532. The number of H-pyrrole nitrogens is 1. The second-order valence-corrected chi connectivity index (χ2v) is 1.23. The second kappa shape index (κ2) is 5.66. The molecular weight excluding hydrogens is 161 g/mol. The molecule has 1 N–H and O–H groups in total. The summed E-state index contributed by atoms with van der Waals surface area (Å²) in [6.07, 6.45) is 1.60. The predicted octanol–water partition coefficient (Wildman–Crippen LogP) is 1.22. The molecule has 0 aliphatic carbocycles. The number of hydrogen-bond acceptors (Lipinski definition) is 1. The molecule has 0 atom stereocenters. The van der Waals surface area contributed by atoms with Crippen molar-refractivity contribution in [3.05, 3.63) is 34.7 Å². The highest BCUT2D eigenvalue weighted by Gasteiger charge is 1.69. The third-order valence-electron chi connectivity index (χ3n) is 0.681. The molecule has 52 valence electrons. The minimum absolute atomic E-state index is 0. The molecule has 0 aliphatic rings. The molecule has 0 spiro atoms. The first kappa shape index (κ1) is 11.3. The SMILES string of the molecule is Cl.Cl.O=c1cccc[nH]1. The van der Waals surface area contributed by atoms with Gasteiger partial charge in [-0.05, 0) is 6.07 Å². The zero-order valence-corrected chi connectivity index (χ0v) is 6.17.